The van der Waals surface area contributed by atoms with Crippen LogP contribution >= 0.6 is 11.6 Å². The molecule has 0 saturated carbocycles. The Balaban J connectivity index is 2.61. The molecule has 0 aliphatic rings. The lowest BCUT2D eigenvalue weighted by Crippen LogP contribution is -1.97. The van der Waals surface area contributed by atoms with Gasteiger partial charge in [-0.25, -0.2) is 4.39 Å². The van der Waals surface area contributed by atoms with Gasteiger partial charge in [-0.3, -0.25) is 4.68 Å². The zero-order valence-corrected chi connectivity index (χ0v) is 10.4. The lowest BCUT2D eigenvalue weighted by molar-refractivity contribution is 0.629. The molecule has 0 radical (unpaired) electrons. The van der Waals surface area contributed by atoms with Gasteiger partial charge in [-0.2, -0.15) is 5.10 Å². The van der Waals surface area contributed by atoms with Crippen LogP contribution in [0.5, 0.6) is 0 Å². The third kappa shape index (κ3) is 2.13. The monoisotopic (exact) mass is 253 g/mol. The Morgan fingerprint density at radius 2 is 2.12 bits per heavy atom. The standard InChI is InChI=1S/C12H13ClFN3/c1-3-7-4-8(12(14)9(13)5-7)10-6-11(15)17(2)16-10/h4-6H,3,15H2,1-2H3. The van der Waals surface area contributed by atoms with Crippen LogP contribution < -0.4 is 5.73 Å². The largest absolute Gasteiger partial charge is 0.384 e. The molecule has 17 heavy (non-hydrogen) atoms. The molecule has 1 heterocycles. The van der Waals surface area contributed by atoms with E-state index in [1.54, 1.807) is 25.2 Å². The van der Waals surface area contributed by atoms with Gasteiger partial charge in [-0.05, 0) is 24.1 Å². The summed E-state index contributed by atoms with van der Waals surface area (Å²) in [4.78, 5) is 0. The van der Waals surface area contributed by atoms with Crippen molar-refractivity contribution in [3.05, 3.63) is 34.6 Å². The van der Waals surface area contributed by atoms with E-state index in [2.05, 4.69) is 5.10 Å². The summed E-state index contributed by atoms with van der Waals surface area (Å²) in [5.41, 5.74) is 7.54. The van der Waals surface area contributed by atoms with Crippen LogP contribution in [0.3, 0.4) is 0 Å². The van der Waals surface area contributed by atoms with Crippen molar-refractivity contribution in [3.63, 3.8) is 0 Å². The summed E-state index contributed by atoms with van der Waals surface area (Å²) in [6.45, 7) is 1.99. The highest BCUT2D eigenvalue weighted by Crippen LogP contribution is 2.29. The number of rotatable bonds is 2. The van der Waals surface area contributed by atoms with E-state index in [0.717, 1.165) is 12.0 Å². The normalized spacial score (nSPS) is 10.8. The van der Waals surface area contributed by atoms with Crippen LogP contribution in [-0.4, -0.2) is 9.78 Å². The molecule has 0 saturated heterocycles. The van der Waals surface area contributed by atoms with Crippen molar-refractivity contribution < 1.29 is 4.39 Å². The average molecular weight is 254 g/mol. The van der Waals surface area contributed by atoms with Crippen LogP contribution in [0.1, 0.15) is 12.5 Å². The fourth-order valence-corrected chi connectivity index (χ4v) is 1.89. The molecule has 2 aromatic rings. The summed E-state index contributed by atoms with van der Waals surface area (Å²) in [5, 5.41) is 4.27. The smallest absolute Gasteiger partial charge is 0.151 e. The summed E-state index contributed by atoms with van der Waals surface area (Å²) in [7, 11) is 1.71. The highest BCUT2D eigenvalue weighted by molar-refractivity contribution is 6.31. The molecule has 0 aliphatic heterocycles. The number of nitrogens with zero attached hydrogens (tertiary/aromatic N) is 2. The van der Waals surface area contributed by atoms with E-state index < -0.39 is 5.82 Å². The molecule has 2 rings (SSSR count). The number of halogens is 2. The fourth-order valence-electron chi connectivity index (χ4n) is 1.65. The Morgan fingerprint density at radius 3 is 2.65 bits per heavy atom. The van der Waals surface area contributed by atoms with Crippen molar-refractivity contribution in [1.29, 1.82) is 0 Å². The molecule has 1 aromatic carbocycles. The zero-order valence-electron chi connectivity index (χ0n) is 9.67. The molecule has 90 valence electrons. The number of nitrogen functional groups attached to an aromatic ring is 1. The van der Waals surface area contributed by atoms with E-state index in [1.165, 1.54) is 4.68 Å². The van der Waals surface area contributed by atoms with Gasteiger partial charge >= 0.3 is 0 Å². The van der Waals surface area contributed by atoms with Crippen LogP contribution in [-0.2, 0) is 13.5 Å². The maximum atomic E-state index is 13.9. The SMILES string of the molecule is CCc1cc(Cl)c(F)c(-c2cc(N)n(C)n2)c1. The average Bonchev–Trinajstić information content (AvgIpc) is 2.62. The quantitative estimate of drug-likeness (QED) is 0.894. The molecule has 0 bridgehead atoms. The molecular weight excluding hydrogens is 241 g/mol. The van der Waals surface area contributed by atoms with Gasteiger partial charge in [-0.1, -0.05) is 18.5 Å². The first kappa shape index (κ1) is 11.9. The number of aromatic nitrogens is 2. The van der Waals surface area contributed by atoms with Gasteiger partial charge in [0.2, 0.25) is 0 Å². The second-order valence-corrected chi connectivity index (χ2v) is 4.28. The molecule has 0 amide bonds. The Kier molecular flexibility index (Phi) is 3.07. The second-order valence-electron chi connectivity index (χ2n) is 3.87. The highest BCUT2D eigenvalue weighted by Gasteiger charge is 2.14. The molecule has 0 atom stereocenters. The molecule has 0 fully saturated rings. The van der Waals surface area contributed by atoms with Gasteiger partial charge in [0.25, 0.3) is 0 Å². The van der Waals surface area contributed by atoms with Gasteiger partial charge < -0.3 is 5.73 Å². The topological polar surface area (TPSA) is 43.8 Å². The lowest BCUT2D eigenvalue weighted by Gasteiger charge is -2.05. The summed E-state index contributed by atoms with van der Waals surface area (Å²) in [6.07, 6.45) is 0.787. The molecule has 1 aromatic heterocycles. The van der Waals surface area contributed by atoms with Crippen molar-refractivity contribution >= 4 is 17.4 Å². The molecule has 3 nitrogen and oxygen atoms in total. The number of aryl methyl sites for hydroxylation is 2. The van der Waals surface area contributed by atoms with Gasteiger partial charge in [-0.15, -0.1) is 0 Å². The van der Waals surface area contributed by atoms with Crippen LogP contribution in [0.25, 0.3) is 11.3 Å². The minimum absolute atomic E-state index is 0.114. The third-order valence-electron chi connectivity index (χ3n) is 2.69. The van der Waals surface area contributed by atoms with Crippen molar-refractivity contribution in [1.82, 2.24) is 9.78 Å². The summed E-state index contributed by atoms with van der Waals surface area (Å²) in [5.74, 6) is 0.0272. The van der Waals surface area contributed by atoms with E-state index in [4.69, 9.17) is 17.3 Å². The minimum Gasteiger partial charge on any atom is -0.384 e. The predicted molar refractivity (Wildman–Crippen MR) is 67.4 cm³/mol. The van der Waals surface area contributed by atoms with Crippen molar-refractivity contribution in [2.75, 3.05) is 5.73 Å². The van der Waals surface area contributed by atoms with Gasteiger partial charge in [0.05, 0.1) is 10.7 Å². The highest BCUT2D eigenvalue weighted by atomic mass is 35.5. The summed E-state index contributed by atoms with van der Waals surface area (Å²) < 4.78 is 15.4. The van der Waals surface area contributed by atoms with E-state index >= 15 is 0 Å². The van der Waals surface area contributed by atoms with Crippen molar-refractivity contribution in [2.45, 2.75) is 13.3 Å². The number of benzene rings is 1. The number of anilines is 1. The van der Waals surface area contributed by atoms with E-state index in [-0.39, 0.29) is 5.02 Å². The van der Waals surface area contributed by atoms with Gasteiger partial charge in [0.15, 0.2) is 5.82 Å². The Hall–Kier alpha value is -1.55. The first-order chi connectivity index (χ1) is 8.02. The Bertz CT molecular complexity index is 544. The van der Waals surface area contributed by atoms with E-state index in [9.17, 15) is 4.39 Å². The Labute approximate surface area is 104 Å². The number of nitrogens with two attached hydrogens (primary N) is 1. The van der Waals surface area contributed by atoms with Gasteiger partial charge in [0, 0.05) is 18.7 Å². The summed E-state index contributed by atoms with van der Waals surface area (Å²) >= 11 is 5.85. The zero-order chi connectivity index (χ0) is 12.6. The molecule has 2 N–H and O–H groups in total. The first-order valence-corrected chi connectivity index (χ1v) is 5.68. The molecular formula is C12H13ClFN3. The maximum absolute atomic E-state index is 13.9. The fraction of sp³-hybridized carbons (Fsp3) is 0.250. The molecule has 0 spiro atoms. The third-order valence-corrected chi connectivity index (χ3v) is 2.96. The Morgan fingerprint density at radius 1 is 1.41 bits per heavy atom. The number of hydrogen-bond donors (Lipinski definition) is 1. The van der Waals surface area contributed by atoms with Crippen LogP contribution in [0.15, 0.2) is 18.2 Å². The lowest BCUT2D eigenvalue weighted by atomic mass is 10.1. The minimum atomic E-state index is -0.457. The van der Waals surface area contributed by atoms with Crippen LogP contribution in [0.4, 0.5) is 10.2 Å². The van der Waals surface area contributed by atoms with Crippen LogP contribution in [0, 0.1) is 5.82 Å². The molecule has 0 aliphatic carbocycles. The van der Waals surface area contributed by atoms with Crippen molar-refractivity contribution in [2.24, 2.45) is 7.05 Å². The maximum Gasteiger partial charge on any atom is 0.151 e. The predicted octanol–water partition coefficient (Wildman–Crippen LogP) is 3.02. The molecule has 0 unspecified atom stereocenters. The molecule has 5 heteroatoms. The second kappa shape index (κ2) is 4.37. The van der Waals surface area contributed by atoms with E-state index in [1.807, 2.05) is 6.92 Å². The number of hydrogen-bond acceptors (Lipinski definition) is 2. The van der Waals surface area contributed by atoms with Gasteiger partial charge in [0.1, 0.15) is 5.82 Å². The van der Waals surface area contributed by atoms with E-state index in [0.29, 0.717) is 17.1 Å². The summed E-state index contributed by atoms with van der Waals surface area (Å²) in [6, 6.07) is 5.02. The van der Waals surface area contributed by atoms with Crippen LogP contribution in [0.2, 0.25) is 5.02 Å². The van der Waals surface area contributed by atoms with Crippen molar-refractivity contribution in [3.8, 4) is 11.3 Å². The first-order valence-electron chi connectivity index (χ1n) is 5.30.